The van der Waals surface area contributed by atoms with Gasteiger partial charge in [0.1, 0.15) is 25.1 Å². The fourth-order valence-electron chi connectivity index (χ4n) is 2.15. The van der Waals surface area contributed by atoms with Crippen LogP contribution < -0.4 is 0 Å². The fourth-order valence-corrected chi connectivity index (χ4v) is 2.15. The van der Waals surface area contributed by atoms with Crippen LogP contribution in [0.4, 0.5) is 0 Å². The van der Waals surface area contributed by atoms with Crippen LogP contribution in [0.15, 0.2) is 0 Å². The summed E-state index contributed by atoms with van der Waals surface area (Å²) in [4.78, 5) is 43.2. The maximum Gasteiger partial charge on any atom is 0.123 e. The van der Waals surface area contributed by atoms with Gasteiger partial charge in [0.2, 0.25) is 0 Å². The predicted octanol–water partition coefficient (Wildman–Crippen LogP) is 2.24. The molecule has 0 saturated heterocycles. The Balaban J connectivity index is 4.23. The Morgan fingerprint density at radius 2 is 1.21 bits per heavy atom. The van der Waals surface area contributed by atoms with Crippen LogP contribution in [0.1, 0.15) is 46.0 Å². The molecule has 0 heterocycles. The minimum atomic E-state index is -0.182. The molecule has 0 aromatic heterocycles. The van der Waals surface area contributed by atoms with Crippen molar-refractivity contribution in [2.24, 2.45) is 23.7 Å². The lowest BCUT2D eigenvalue weighted by atomic mass is 9.86. The largest absolute Gasteiger partial charge is 0.303 e. The standard InChI is InChI=1S/C15H24O4/c1-3-13(9-17)7-15(11-19)5-4-14(10-18)6-12(2)8-16/h8-15H,3-7H2,1-2H3. The van der Waals surface area contributed by atoms with E-state index in [1.165, 1.54) is 0 Å². The summed E-state index contributed by atoms with van der Waals surface area (Å²) < 4.78 is 0. The van der Waals surface area contributed by atoms with Gasteiger partial charge in [-0.15, -0.1) is 0 Å². The van der Waals surface area contributed by atoms with E-state index in [4.69, 9.17) is 0 Å². The van der Waals surface area contributed by atoms with Crippen LogP contribution in [0, 0.1) is 23.7 Å². The minimum Gasteiger partial charge on any atom is -0.303 e. The average Bonchev–Trinajstić information content (AvgIpc) is 2.45. The highest BCUT2D eigenvalue weighted by Gasteiger charge is 2.18. The SMILES string of the molecule is CCC(C=O)CC(C=O)CCC(C=O)CC(C)C=O. The normalized spacial score (nSPS) is 16.9. The van der Waals surface area contributed by atoms with Crippen molar-refractivity contribution in [2.75, 3.05) is 0 Å². The van der Waals surface area contributed by atoms with Crippen LogP contribution in [-0.2, 0) is 19.2 Å². The molecule has 4 unspecified atom stereocenters. The van der Waals surface area contributed by atoms with Crippen LogP contribution >= 0.6 is 0 Å². The molecule has 0 bridgehead atoms. The first-order valence-electron chi connectivity index (χ1n) is 6.92. The predicted molar refractivity (Wildman–Crippen MR) is 72.6 cm³/mol. The minimum absolute atomic E-state index is 0.0845. The Hall–Kier alpha value is -1.32. The van der Waals surface area contributed by atoms with E-state index in [0.717, 1.165) is 31.6 Å². The molecule has 0 rings (SSSR count). The molecule has 4 heteroatoms. The monoisotopic (exact) mass is 268 g/mol. The van der Waals surface area contributed by atoms with Crippen molar-refractivity contribution in [1.82, 2.24) is 0 Å². The van der Waals surface area contributed by atoms with Gasteiger partial charge in [0.15, 0.2) is 0 Å². The van der Waals surface area contributed by atoms with Gasteiger partial charge in [0, 0.05) is 23.7 Å². The van der Waals surface area contributed by atoms with E-state index in [-0.39, 0.29) is 23.7 Å². The third-order valence-corrected chi connectivity index (χ3v) is 3.52. The lowest BCUT2D eigenvalue weighted by Crippen LogP contribution is -2.15. The summed E-state index contributed by atoms with van der Waals surface area (Å²) in [6.07, 6.45) is 6.48. The molecular weight excluding hydrogens is 244 g/mol. The second-order valence-electron chi connectivity index (χ2n) is 5.26. The first-order chi connectivity index (χ1) is 9.10. The summed E-state index contributed by atoms with van der Waals surface area (Å²) in [5.41, 5.74) is 0. The van der Waals surface area contributed by atoms with Crippen molar-refractivity contribution >= 4 is 25.1 Å². The van der Waals surface area contributed by atoms with Crippen molar-refractivity contribution in [3.63, 3.8) is 0 Å². The van der Waals surface area contributed by atoms with E-state index in [9.17, 15) is 19.2 Å². The fraction of sp³-hybridized carbons (Fsp3) is 0.733. The lowest BCUT2D eigenvalue weighted by molar-refractivity contribution is -0.116. The molecule has 0 aliphatic heterocycles. The maximum atomic E-state index is 11.0. The molecule has 0 aromatic rings. The molecule has 0 radical (unpaired) electrons. The van der Waals surface area contributed by atoms with Crippen LogP contribution in [0.3, 0.4) is 0 Å². The molecule has 4 nitrogen and oxygen atoms in total. The summed E-state index contributed by atoms with van der Waals surface area (Å²) >= 11 is 0. The molecule has 0 aliphatic carbocycles. The highest BCUT2D eigenvalue weighted by molar-refractivity contribution is 5.59. The number of hydrogen-bond donors (Lipinski definition) is 0. The van der Waals surface area contributed by atoms with Crippen molar-refractivity contribution in [2.45, 2.75) is 46.0 Å². The highest BCUT2D eigenvalue weighted by Crippen LogP contribution is 2.21. The third kappa shape index (κ3) is 7.65. The molecule has 0 aliphatic rings. The van der Waals surface area contributed by atoms with Gasteiger partial charge in [-0.3, -0.25) is 0 Å². The first-order valence-corrected chi connectivity index (χ1v) is 6.92. The number of hydrogen-bond acceptors (Lipinski definition) is 4. The first kappa shape index (κ1) is 17.7. The summed E-state index contributed by atoms with van der Waals surface area (Å²) in [5.74, 6) is -0.579. The van der Waals surface area contributed by atoms with Gasteiger partial charge in [0.05, 0.1) is 0 Å². The molecule has 0 fully saturated rings. The zero-order valence-corrected chi connectivity index (χ0v) is 11.8. The Bertz CT molecular complexity index is 288. The summed E-state index contributed by atoms with van der Waals surface area (Å²) in [5, 5.41) is 0. The Morgan fingerprint density at radius 1 is 0.737 bits per heavy atom. The quantitative estimate of drug-likeness (QED) is 0.509. The van der Waals surface area contributed by atoms with Gasteiger partial charge in [-0.1, -0.05) is 13.8 Å². The Morgan fingerprint density at radius 3 is 1.58 bits per heavy atom. The Kier molecular flexibility index (Phi) is 9.85. The number of rotatable bonds is 12. The van der Waals surface area contributed by atoms with E-state index >= 15 is 0 Å². The highest BCUT2D eigenvalue weighted by atomic mass is 16.1. The number of carbonyl (C=O) groups is 4. The topological polar surface area (TPSA) is 68.3 Å². The second-order valence-corrected chi connectivity index (χ2v) is 5.26. The van der Waals surface area contributed by atoms with Gasteiger partial charge in [0.25, 0.3) is 0 Å². The van der Waals surface area contributed by atoms with E-state index in [1.807, 2.05) is 6.92 Å². The Labute approximate surface area is 114 Å². The molecule has 0 spiro atoms. The summed E-state index contributed by atoms with van der Waals surface area (Å²) in [7, 11) is 0. The van der Waals surface area contributed by atoms with Gasteiger partial charge >= 0.3 is 0 Å². The molecule has 0 amide bonds. The van der Waals surface area contributed by atoms with Crippen LogP contribution in [0.2, 0.25) is 0 Å². The number of carbonyl (C=O) groups excluding carboxylic acids is 4. The van der Waals surface area contributed by atoms with Gasteiger partial charge in [-0.25, -0.2) is 0 Å². The molecule has 0 saturated carbocycles. The molecular formula is C15H24O4. The van der Waals surface area contributed by atoms with E-state index in [1.54, 1.807) is 6.92 Å². The van der Waals surface area contributed by atoms with Gasteiger partial charge < -0.3 is 19.2 Å². The maximum absolute atomic E-state index is 11.0. The van der Waals surface area contributed by atoms with Crippen LogP contribution in [0.5, 0.6) is 0 Å². The van der Waals surface area contributed by atoms with E-state index in [0.29, 0.717) is 25.7 Å². The van der Waals surface area contributed by atoms with Crippen LogP contribution in [0.25, 0.3) is 0 Å². The molecule has 0 N–H and O–H groups in total. The summed E-state index contributed by atoms with van der Waals surface area (Å²) in [6, 6.07) is 0. The van der Waals surface area contributed by atoms with Gasteiger partial charge in [-0.2, -0.15) is 0 Å². The third-order valence-electron chi connectivity index (χ3n) is 3.52. The number of aldehydes is 4. The molecule has 108 valence electrons. The van der Waals surface area contributed by atoms with Crippen LogP contribution in [-0.4, -0.2) is 25.1 Å². The molecule has 4 atom stereocenters. The van der Waals surface area contributed by atoms with Crippen molar-refractivity contribution < 1.29 is 19.2 Å². The van der Waals surface area contributed by atoms with Crippen molar-refractivity contribution in [3.8, 4) is 0 Å². The molecule has 0 aromatic carbocycles. The van der Waals surface area contributed by atoms with E-state index < -0.39 is 0 Å². The zero-order valence-electron chi connectivity index (χ0n) is 11.8. The van der Waals surface area contributed by atoms with Crippen molar-refractivity contribution in [3.05, 3.63) is 0 Å². The van der Waals surface area contributed by atoms with Crippen molar-refractivity contribution in [1.29, 1.82) is 0 Å². The second kappa shape index (κ2) is 10.6. The van der Waals surface area contributed by atoms with Gasteiger partial charge in [-0.05, 0) is 32.1 Å². The zero-order chi connectivity index (χ0) is 14.7. The average molecular weight is 268 g/mol. The van der Waals surface area contributed by atoms with E-state index in [2.05, 4.69) is 0 Å². The lowest BCUT2D eigenvalue weighted by Gasteiger charge is -2.17. The molecule has 19 heavy (non-hydrogen) atoms. The summed E-state index contributed by atoms with van der Waals surface area (Å²) in [6.45, 7) is 3.70. The smallest absolute Gasteiger partial charge is 0.123 e.